The van der Waals surface area contributed by atoms with Crippen LogP contribution in [-0.4, -0.2) is 82.3 Å². The topological polar surface area (TPSA) is 111 Å². The minimum atomic E-state index is -1.62. The number of carbonyl (C=O) groups excluding carboxylic acids is 3. The maximum Gasteiger partial charge on any atom is 0.306 e. The Balaban J connectivity index is 3.88. The highest BCUT2D eigenvalue weighted by Crippen LogP contribution is 2.19. The van der Waals surface area contributed by atoms with E-state index >= 15 is 0 Å². The third-order valence-corrected chi connectivity index (χ3v) is 16.2. The van der Waals surface area contributed by atoms with Crippen LogP contribution >= 0.6 is 0 Å². The van der Waals surface area contributed by atoms with Crippen LogP contribution in [0.2, 0.25) is 0 Å². The lowest BCUT2D eigenvalue weighted by Gasteiger charge is -2.26. The standard InChI is InChI=1S/C72H137NO8/c1-6-8-10-12-14-16-18-20-22-24-25-26-27-28-29-30-31-32-33-34-35-36-37-38-39-40-41-42-43-44-45-46-47-49-50-52-54-56-58-60-62-69(74)79-66-68(67-80-72(71(76)77)78-65-64-73(3,4)5)81-70(75)63-61-59-57-55-53-51-48-23-21-19-17-15-13-11-9-7-2/h17,19,23,48,68,72H,6-16,18,20-22,24-47,49-67H2,1-5H3/b19-17-,48-23-. The van der Waals surface area contributed by atoms with Crippen molar-refractivity contribution < 1.29 is 42.9 Å². The minimum absolute atomic E-state index is 0.147. The van der Waals surface area contributed by atoms with Crippen molar-refractivity contribution in [1.82, 2.24) is 0 Å². The van der Waals surface area contributed by atoms with Gasteiger partial charge in [0.15, 0.2) is 12.4 Å². The summed E-state index contributed by atoms with van der Waals surface area (Å²) in [5, 5.41) is 11.8. The quantitative estimate of drug-likeness (QED) is 0.0195. The Morgan fingerprint density at radius 2 is 0.667 bits per heavy atom. The number of aliphatic carboxylic acids is 1. The molecule has 0 aromatic rings. The molecule has 0 amide bonds. The Morgan fingerprint density at radius 3 is 0.988 bits per heavy atom. The van der Waals surface area contributed by atoms with Crippen LogP contribution in [-0.2, 0) is 33.3 Å². The average molecular weight is 1140 g/mol. The number of hydrogen-bond donors (Lipinski definition) is 0. The van der Waals surface area contributed by atoms with Gasteiger partial charge in [-0.05, 0) is 44.9 Å². The minimum Gasteiger partial charge on any atom is -0.545 e. The lowest BCUT2D eigenvalue weighted by atomic mass is 10.0. The van der Waals surface area contributed by atoms with Crippen LogP contribution in [0.5, 0.6) is 0 Å². The molecule has 0 bridgehead atoms. The first-order chi connectivity index (χ1) is 39.6. The molecule has 0 aromatic carbocycles. The molecule has 2 atom stereocenters. The van der Waals surface area contributed by atoms with Crippen LogP contribution in [0.25, 0.3) is 0 Å². The molecule has 0 heterocycles. The Kier molecular flexibility index (Phi) is 62.0. The van der Waals surface area contributed by atoms with E-state index in [9.17, 15) is 19.5 Å². The van der Waals surface area contributed by atoms with Gasteiger partial charge in [0.25, 0.3) is 0 Å². The van der Waals surface area contributed by atoms with Crippen molar-refractivity contribution in [2.45, 2.75) is 373 Å². The Morgan fingerprint density at radius 1 is 0.370 bits per heavy atom. The van der Waals surface area contributed by atoms with E-state index in [2.05, 4.69) is 38.2 Å². The second kappa shape index (κ2) is 63.8. The zero-order valence-electron chi connectivity index (χ0n) is 54.7. The van der Waals surface area contributed by atoms with Gasteiger partial charge in [-0.1, -0.05) is 327 Å². The van der Waals surface area contributed by atoms with Gasteiger partial charge in [-0.2, -0.15) is 0 Å². The number of unbranched alkanes of at least 4 members (excludes halogenated alkanes) is 48. The smallest absolute Gasteiger partial charge is 0.306 e. The number of carboxylic acid groups (broad SMARTS) is 1. The normalized spacial score (nSPS) is 12.8. The molecule has 0 N–H and O–H groups in total. The number of hydrogen-bond acceptors (Lipinski definition) is 8. The first-order valence-electron chi connectivity index (χ1n) is 35.5. The number of ether oxygens (including phenoxy) is 4. The fraction of sp³-hybridized carbons (Fsp3) is 0.903. The molecule has 0 fully saturated rings. The van der Waals surface area contributed by atoms with Crippen LogP contribution < -0.4 is 5.11 Å². The number of allylic oxidation sites excluding steroid dienone is 4. The van der Waals surface area contributed by atoms with Gasteiger partial charge in [-0.15, -0.1) is 0 Å². The molecule has 0 aliphatic heterocycles. The molecule has 0 spiro atoms. The largest absolute Gasteiger partial charge is 0.545 e. The first-order valence-corrected chi connectivity index (χ1v) is 35.5. The second-order valence-corrected chi connectivity index (χ2v) is 25.5. The summed E-state index contributed by atoms with van der Waals surface area (Å²) < 4.78 is 22.7. The summed E-state index contributed by atoms with van der Waals surface area (Å²) in [7, 11) is 5.93. The maximum absolute atomic E-state index is 12.9. The number of esters is 2. The third-order valence-electron chi connectivity index (χ3n) is 16.2. The van der Waals surface area contributed by atoms with Gasteiger partial charge in [0, 0.05) is 12.8 Å². The predicted octanol–water partition coefficient (Wildman–Crippen LogP) is 20.5. The molecule has 0 aliphatic rings. The molecular weight excluding hydrogens is 1010 g/mol. The summed E-state index contributed by atoms with van der Waals surface area (Å²) in [5.74, 6) is -2.28. The fourth-order valence-corrected chi connectivity index (χ4v) is 10.7. The number of carboxylic acids is 1. The first kappa shape index (κ1) is 78.8. The van der Waals surface area contributed by atoms with Crippen molar-refractivity contribution in [2.75, 3.05) is 47.5 Å². The molecule has 0 saturated heterocycles. The van der Waals surface area contributed by atoms with Gasteiger partial charge in [0.1, 0.15) is 13.2 Å². The number of quaternary nitrogens is 1. The molecule has 0 radical (unpaired) electrons. The van der Waals surface area contributed by atoms with E-state index in [4.69, 9.17) is 18.9 Å². The van der Waals surface area contributed by atoms with Crippen LogP contribution in [0.1, 0.15) is 361 Å². The molecule has 9 nitrogen and oxygen atoms in total. The van der Waals surface area contributed by atoms with Crippen molar-refractivity contribution >= 4 is 17.9 Å². The van der Waals surface area contributed by atoms with Gasteiger partial charge < -0.3 is 33.3 Å². The highest BCUT2D eigenvalue weighted by molar-refractivity contribution is 5.70. The molecule has 0 aliphatic carbocycles. The zero-order valence-corrected chi connectivity index (χ0v) is 54.7. The molecule has 9 heteroatoms. The van der Waals surface area contributed by atoms with Crippen molar-refractivity contribution in [2.24, 2.45) is 0 Å². The Hall–Kier alpha value is -2.23. The van der Waals surface area contributed by atoms with Gasteiger partial charge >= 0.3 is 11.9 Å². The molecule has 0 rings (SSSR count). The summed E-state index contributed by atoms with van der Waals surface area (Å²) in [4.78, 5) is 37.3. The number of likely N-dealkylation sites (N-methyl/N-ethyl adjacent to an activating group) is 1. The number of nitrogens with zero attached hydrogens (tertiary/aromatic N) is 1. The van der Waals surface area contributed by atoms with E-state index in [0.717, 1.165) is 57.8 Å². The monoisotopic (exact) mass is 1140 g/mol. The Labute approximate surface area is 503 Å². The van der Waals surface area contributed by atoms with Crippen molar-refractivity contribution in [3.8, 4) is 0 Å². The second-order valence-electron chi connectivity index (χ2n) is 25.5. The SMILES string of the molecule is CCCCCC/C=C\C/C=C\CCCCCCCC(=O)OC(COC(=O)CCCCCCCCCCCCCCCCCCCCCCCCCCCCCCCCCCCCCCCCCC)COC(OCC[N+](C)(C)C)C(=O)[O-]. The molecular formula is C72H137NO8. The summed E-state index contributed by atoms with van der Waals surface area (Å²) in [6.45, 7) is 4.77. The van der Waals surface area contributed by atoms with Crippen LogP contribution in [0.15, 0.2) is 24.3 Å². The summed E-state index contributed by atoms with van der Waals surface area (Å²) in [5.41, 5.74) is 0. The van der Waals surface area contributed by atoms with Crippen molar-refractivity contribution in [3.05, 3.63) is 24.3 Å². The average Bonchev–Trinajstić information content (AvgIpc) is 3.44. The van der Waals surface area contributed by atoms with Crippen molar-refractivity contribution in [1.29, 1.82) is 0 Å². The lowest BCUT2D eigenvalue weighted by molar-refractivity contribution is -0.870. The van der Waals surface area contributed by atoms with E-state index in [0.29, 0.717) is 23.9 Å². The van der Waals surface area contributed by atoms with E-state index < -0.39 is 24.3 Å². The molecule has 2 unspecified atom stereocenters. The number of rotatable bonds is 67. The molecule has 81 heavy (non-hydrogen) atoms. The summed E-state index contributed by atoms with van der Waals surface area (Å²) in [6, 6.07) is 0. The zero-order chi connectivity index (χ0) is 59.1. The van der Waals surface area contributed by atoms with E-state index in [1.54, 1.807) is 0 Å². The highest BCUT2D eigenvalue weighted by Gasteiger charge is 2.22. The van der Waals surface area contributed by atoms with Crippen LogP contribution in [0.4, 0.5) is 0 Å². The number of carbonyl (C=O) groups is 3. The third kappa shape index (κ3) is 65.2. The highest BCUT2D eigenvalue weighted by atomic mass is 16.7. The molecule has 478 valence electrons. The fourth-order valence-electron chi connectivity index (χ4n) is 10.7. The van der Waals surface area contributed by atoms with E-state index in [1.165, 1.54) is 270 Å². The maximum atomic E-state index is 12.9. The predicted molar refractivity (Wildman–Crippen MR) is 343 cm³/mol. The van der Waals surface area contributed by atoms with E-state index in [1.807, 2.05) is 21.1 Å². The van der Waals surface area contributed by atoms with Gasteiger partial charge in [-0.25, -0.2) is 0 Å². The van der Waals surface area contributed by atoms with Crippen molar-refractivity contribution in [3.63, 3.8) is 0 Å². The summed E-state index contributed by atoms with van der Waals surface area (Å²) >= 11 is 0. The van der Waals surface area contributed by atoms with E-state index in [-0.39, 0.29) is 32.2 Å². The molecule has 0 saturated carbocycles. The van der Waals surface area contributed by atoms with Crippen LogP contribution in [0.3, 0.4) is 0 Å². The van der Waals surface area contributed by atoms with Gasteiger partial charge in [0.2, 0.25) is 0 Å². The Bertz CT molecular complexity index is 1380. The molecule has 0 aromatic heterocycles. The van der Waals surface area contributed by atoms with Gasteiger partial charge in [0.05, 0.1) is 40.3 Å². The lowest BCUT2D eigenvalue weighted by Crippen LogP contribution is -2.44. The van der Waals surface area contributed by atoms with Crippen LogP contribution in [0, 0.1) is 0 Å². The van der Waals surface area contributed by atoms with Gasteiger partial charge in [-0.3, -0.25) is 9.59 Å². The summed E-state index contributed by atoms with van der Waals surface area (Å²) in [6.07, 6.45) is 75.9.